The predicted octanol–water partition coefficient (Wildman–Crippen LogP) is -1.83. The minimum absolute atomic E-state index is 0.372. The van der Waals surface area contributed by atoms with E-state index in [1.54, 1.807) is 0 Å². The summed E-state index contributed by atoms with van der Waals surface area (Å²) in [6.07, 6.45) is 0. The van der Waals surface area contributed by atoms with E-state index >= 15 is 0 Å². The second-order valence-corrected chi connectivity index (χ2v) is 2.82. The monoisotopic (exact) mass is 218 g/mol. The van der Waals surface area contributed by atoms with E-state index in [-0.39, 0.29) is 0 Å². The van der Waals surface area contributed by atoms with E-state index < -0.39 is 0 Å². The largest absolute Gasteiger partial charge is 0.320 e. The molecule has 0 aliphatic heterocycles. The van der Waals surface area contributed by atoms with Gasteiger partial charge in [0.05, 0.1) is 39.3 Å². The van der Waals surface area contributed by atoms with Crippen LogP contribution >= 0.6 is 0 Å². The Morgan fingerprint density at radius 2 is 0.875 bits per heavy atom. The summed E-state index contributed by atoms with van der Waals surface area (Å²) in [6, 6.07) is 0. The number of hydrogen-bond acceptors (Lipinski definition) is 4. The second-order valence-electron chi connectivity index (χ2n) is 2.82. The molecule has 0 bridgehead atoms. The van der Waals surface area contributed by atoms with E-state index in [0.717, 1.165) is 0 Å². The molecule has 4 heteroatoms. The van der Waals surface area contributed by atoms with Crippen molar-refractivity contribution in [1.29, 1.82) is 0 Å². The topological polar surface area (TPSA) is 81.3 Å². The van der Waals surface area contributed by atoms with Gasteiger partial charge in [0.2, 0.25) is 0 Å². The van der Waals surface area contributed by atoms with Gasteiger partial charge >= 0.3 is 0 Å². The molecule has 0 spiro atoms. The Morgan fingerprint density at radius 1 is 0.562 bits per heavy atom. The highest BCUT2D eigenvalue weighted by Crippen LogP contribution is 1.84. The van der Waals surface area contributed by atoms with Crippen LogP contribution in [0.3, 0.4) is 0 Å². The van der Waals surface area contributed by atoms with Crippen LogP contribution in [0.5, 0.6) is 0 Å². The van der Waals surface area contributed by atoms with Gasteiger partial charge in [0.15, 0.2) is 0 Å². The second kappa shape index (κ2) is 11.6. The van der Waals surface area contributed by atoms with Gasteiger partial charge < -0.3 is 17.2 Å². The van der Waals surface area contributed by atoms with E-state index in [0.29, 0.717) is 39.3 Å². The van der Waals surface area contributed by atoms with Crippen LogP contribution in [0.2, 0.25) is 0 Å². The van der Waals surface area contributed by atoms with Gasteiger partial charge in [-0.3, -0.25) is 4.90 Å². The summed E-state index contributed by atoms with van der Waals surface area (Å²) in [7, 11) is 0. The maximum atomic E-state index is 5.28. The molecule has 0 rings (SSSR count). The molecule has 0 atom stereocenters. The van der Waals surface area contributed by atoms with Crippen molar-refractivity contribution >= 4 is 0 Å². The lowest BCUT2D eigenvalue weighted by Crippen LogP contribution is -2.25. The summed E-state index contributed by atoms with van der Waals surface area (Å²) >= 11 is 0. The minimum atomic E-state index is 0.372. The number of hydrogen-bond donors (Lipinski definition) is 3. The molecule has 0 amide bonds. The lowest BCUT2D eigenvalue weighted by molar-refractivity contribution is 0.390. The fraction of sp³-hybridized carbons (Fsp3) is 0.500. The van der Waals surface area contributed by atoms with Crippen LogP contribution in [0, 0.1) is 35.5 Å². The van der Waals surface area contributed by atoms with Gasteiger partial charge in [-0.1, -0.05) is 35.5 Å². The molecule has 6 N–H and O–H groups in total. The number of nitrogens with zero attached hydrogens (tertiary/aromatic N) is 1. The summed E-state index contributed by atoms with van der Waals surface area (Å²) in [4.78, 5) is 2.01. The summed E-state index contributed by atoms with van der Waals surface area (Å²) in [5.41, 5.74) is 15.8. The van der Waals surface area contributed by atoms with Crippen molar-refractivity contribution in [2.24, 2.45) is 17.2 Å². The fourth-order valence-corrected chi connectivity index (χ4v) is 0.887. The molecule has 0 aliphatic rings. The van der Waals surface area contributed by atoms with Crippen LogP contribution in [0.4, 0.5) is 0 Å². The zero-order valence-electron chi connectivity index (χ0n) is 9.42. The Bertz CT molecular complexity index is 285. The van der Waals surface area contributed by atoms with Crippen molar-refractivity contribution in [3.8, 4) is 35.5 Å². The third kappa shape index (κ3) is 9.09. The Morgan fingerprint density at radius 3 is 1.12 bits per heavy atom. The van der Waals surface area contributed by atoms with Crippen molar-refractivity contribution in [2.45, 2.75) is 0 Å². The molecule has 0 aliphatic carbocycles. The lowest BCUT2D eigenvalue weighted by Gasteiger charge is -2.12. The van der Waals surface area contributed by atoms with Crippen LogP contribution < -0.4 is 17.2 Å². The highest BCUT2D eigenvalue weighted by Gasteiger charge is 1.97. The Kier molecular flexibility index (Phi) is 10.5. The molecule has 86 valence electrons. The SMILES string of the molecule is NCC#CCN(CC#CCN)CC#CCN. The van der Waals surface area contributed by atoms with Crippen molar-refractivity contribution in [2.75, 3.05) is 39.3 Å². The van der Waals surface area contributed by atoms with E-state index in [2.05, 4.69) is 35.5 Å². The molecule has 0 saturated carbocycles. The minimum Gasteiger partial charge on any atom is -0.320 e. The molecule has 4 nitrogen and oxygen atoms in total. The first kappa shape index (κ1) is 14.5. The normalized spacial score (nSPS) is 8.25. The van der Waals surface area contributed by atoms with E-state index in [1.807, 2.05) is 4.90 Å². The number of rotatable bonds is 3. The molecule has 0 fully saturated rings. The van der Waals surface area contributed by atoms with Crippen LogP contribution in [0.15, 0.2) is 0 Å². The highest BCUT2D eigenvalue weighted by atomic mass is 15.1. The van der Waals surface area contributed by atoms with Crippen LogP contribution in [0.25, 0.3) is 0 Å². The Balaban J connectivity index is 4.14. The molecule has 0 aromatic carbocycles. The maximum Gasteiger partial charge on any atom is 0.0619 e. The van der Waals surface area contributed by atoms with Crippen molar-refractivity contribution < 1.29 is 0 Å². The average Bonchev–Trinajstić information content (AvgIpc) is 2.29. The standard InChI is InChI=1S/C12H18N4/c13-7-1-4-10-16(11-5-2-8-14)12-6-3-9-15/h7-15H2. The highest BCUT2D eigenvalue weighted by molar-refractivity contribution is 5.09. The molecule has 0 unspecified atom stereocenters. The molecule has 0 radical (unpaired) electrons. The van der Waals surface area contributed by atoms with Gasteiger partial charge in [0, 0.05) is 0 Å². The molecule has 0 aromatic heterocycles. The maximum absolute atomic E-state index is 5.28. The third-order valence-electron chi connectivity index (χ3n) is 1.59. The Hall–Kier alpha value is -1.48. The first-order valence-corrected chi connectivity index (χ1v) is 5.04. The van der Waals surface area contributed by atoms with Crippen molar-refractivity contribution in [3.05, 3.63) is 0 Å². The van der Waals surface area contributed by atoms with Gasteiger partial charge in [-0.15, -0.1) is 0 Å². The lowest BCUT2D eigenvalue weighted by atomic mass is 10.4. The van der Waals surface area contributed by atoms with Crippen molar-refractivity contribution in [1.82, 2.24) is 4.90 Å². The van der Waals surface area contributed by atoms with Crippen LogP contribution in [-0.4, -0.2) is 44.2 Å². The van der Waals surface area contributed by atoms with E-state index in [4.69, 9.17) is 17.2 Å². The van der Waals surface area contributed by atoms with Gasteiger partial charge in [-0.05, 0) is 0 Å². The van der Waals surface area contributed by atoms with Gasteiger partial charge in [0.25, 0.3) is 0 Å². The summed E-state index contributed by atoms with van der Waals surface area (Å²) < 4.78 is 0. The molecule has 16 heavy (non-hydrogen) atoms. The molecule has 0 aromatic rings. The van der Waals surface area contributed by atoms with Crippen LogP contribution in [-0.2, 0) is 0 Å². The average molecular weight is 218 g/mol. The van der Waals surface area contributed by atoms with Gasteiger partial charge in [-0.25, -0.2) is 0 Å². The third-order valence-corrected chi connectivity index (χ3v) is 1.59. The summed E-state index contributed by atoms with van der Waals surface area (Å²) in [6.45, 7) is 2.94. The molecule has 0 heterocycles. The fourth-order valence-electron chi connectivity index (χ4n) is 0.887. The summed E-state index contributed by atoms with van der Waals surface area (Å²) in [5, 5.41) is 0. The molecular formula is C12H18N4. The summed E-state index contributed by atoms with van der Waals surface area (Å²) in [5.74, 6) is 17.2. The zero-order valence-corrected chi connectivity index (χ0v) is 9.42. The molecule has 0 saturated heterocycles. The van der Waals surface area contributed by atoms with E-state index in [1.165, 1.54) is 0 Å². The first-order chi connectivity index (χ1) is 7.85. The van der Waals surface area contributed by atoms with Gasteiger partial charge in [-0.2, -0.15) is 0 Å². The van der Waals surface area contributed by atoms with Crippen molar-refractivity contribution in [3.63, 3.8) is 0 Å². The smallest absolute Gasteiger partial charge is 0.0619 e. The predicted molar refractivity (Wildman–Crippen MR) is 66.9 cm³/mol. The molecular weight excluding hydrogens is 200 g/mol. The Labute approximate surface area is 97.5 Å². The quantitative estimate of drug-likeness (QED) is 0.487. The van der Waals surface area contributed by atoms with Crippen LogP contribution in [0.1, 0.15) is 0 Å². The first-order valence-electron chi connectivity index (χ1n) is 5.04. The number of nitrogens with two attached hydrogens (primary N) is 3. The van der Waals surface area contributed by atoms with E-state index in [9.17, 15) is 0 Å². The zero-order chi connectivity index (χ0) is 12.1. The van der Waals surface area contributed by atoms with Gasteiger partial charge in [0.1, 0.15) is 0 Å².